The topological polar surface area (TPSA) is 4.93 Å². The van der Waals surface area contributed by atoms with Crippen molar-refractivity contribution in [2.24, 2.45) is 0 Å². The molecule has 1 aliphatic rings. The maximum Gasteiger partial charge on any atom is 0.0547 e. The van der Waals surface area contributed by atoms with Crippen molar-refractivity contribution in [3.8, 4) is 39.1 Å². The summed E-state index contributed by atoms with van der Waals surface area (Å²) >= 11 is 1.90. The van der Waals surface area contributed by atoms with Crippen LogP contribution in [0.25, 0.3) is 103 Å². The van der Waals surface area contributed by atoms with Crippen molar-refractivity contribution >= 4 is 74.9 Å². The van der Waals surface area contributed by atoms with Gasteiger partial charge in [-0.15, -0.1) is 11.3 Å². The normalized spacial score (nSPS) is 12.3. The van der Waals surface area contributed by atoms with E-state index in [2.05, 4.69) is 156 Å². The van der Waals surface area contributed by atoms with Gasteiger partial charge in [0.05, 0.1) is 11.0 Å². The van der Waals surface area contributed by atoms with Crippen LogP contribution in [0.2, 0.25) is 0 Å². The number of benzene rings is 8. The van der Waals surface area contributed by atoms with Gasteiger partial charge in [-0.3, -0.25) is 0 Å². The Labute approximate surface area is 269 Å². The molecule has 2 aromatic heterocycles. The molecule has 0 aliphatic heterocycles. The zero-order chi connectivity index (χ0) is 29.9. The molecule has 0 saturated heterocycles. The summed E-state index contributed by atoms with van der Waals surface area (Å²) in [5, 5.41) is 10.6. The van der Waals surface area contributed by atoms with Crippen LogP contribution in [0.3, 0.4) is 0 Å². The van der Waals surface area contributed by atoms with Crippen LogP contribution in [0, 0.1) is 0 Å². The minimum Gasteiger partial charge on any atom is -0.309 e. The lowest BCUT2D eigenvalue weighted by atomic mass is 9.94. The summed E-state index contributed by atoms with van der Waals surface area (Å²) in [7, 11) is 0. The molecule has 0 amide bonds. The lowest BCUT2D eigenvalue weighted by molar-refractivity contribution is 1.18. The third-order valence-corrected chi connectivity index (χ3v) is 11.4. The number of thiophene rings is 1. The van der Waals surface area contributed by atoms with E-state index in [0.717, 1.165) is 0 Å². The van der Waals surface area contributed by atoms with Gasteiger partial charge in [0.15, 0.2) is 0 Å². The smallest absolute Gasteiger partial charge is 0.0547 e. The third-order valence-electron chi connectivity index (χ3n) is 10.2. The molecule has 46 heavy (non-hydrogen) atoms. The van der Waals surface area contributed by atoms with E-state index in [-0.39, 0.29) is 0 Å². The number of fused-ring (bicyclic) bond motifs is 12. The third kappa shape index (κ3) is 3.14. The zero-order valence-corrected chi connectivity index (χ0v) is 25.6. The van der Waals surface area contributed by atoms with Crippen molar-refractivity contribution in [2.75, 3.05) is 0 Å². The highest BCUT2D eigenvalue weighted by atomic mass is 32.1. The average Bonchev–Trinajstić information content (AvgIpc) is 3.78. The van der Waals surface area contributed by atoms with Crippen LogP contribution in [0.5, 0.6) is 0 Å². The number of hydrogen-bond acceptors (Lipinski definition) is 1. The van der Waals surface area contributed by atoms with Gasteiger partial charge < -0.3 is 4.57 Å². The standard InChI is InChI=1S/C44H25NS/c1-2-9-30-29(8-1)33-13-7-12-32-28(20-21-34(30)42(32)33)26-16-18-27(19-17-26)45-39-14-5-3-11-38(39)43-35-22-23-36-31-10-4-6-15-41(31)46-44(36)37(35)24-25-40(43)45/h1-25H. The zero-order valence-electron chi connectivity index (χ0n) is 24.8. The fraction of sp³-hybridized carbons (Fsp3) is 0. The van der Waals surface area contributed by atoms with Gasteiger partial charge in [-0.1, -0.05) is 121 Å². The summed E-state index contributed by atoms with van der Waals surface area (Å²) in [6, 6.07) is 56.3. The largest absolute Gasteiger partial charge is 0.309 e. The van der Waals surface area contributed by atoms with Gasteiger partial charge in [0.25, 0.3) is 0 Å². The fourth-order valence-corrected chi connectivity index (χ4v) is 9.41. The minimum absolute atomic E-state index is 1.18. The van der Waals surface area contributed by atoms with Gasteiger partial charge in [-0.25, -0.2) is 0 Å². The number of aromatic nitrogens is 1. The van der Waals surface area contributed by atoms with E-state index in [4.69, 9.17) is 0 Å². The van der Waals surface area contributed by atoms with Gasteiger partial charge in [-0.05, 0) is 79.9 Å². The first-order valence-electron chi connectivity index (χ1n) is 15.9. The van der Waals surface area contributed by atoms with E-state index in [0.29, 0.717) is 0 Å². The Balaban J connectivity index is 1.10. The molecule has 1 nitrogen and oxygen atoms in total. The maximum absolute atomic E-state index is 2.44. The molecule has 8 aromatic carbocycles. The molecule has 11 rings (SSSR count). The van der Waals surface area contributed by atoms with Gasteiger partial charge in [0, 0.05) is 42.0 Å². The molecule has 0 fully saturated rings. The van der Waals surface area contributed by atoms with Crippen LogP contribution in [0.15, 0.2) is 152 Å². The van der Waals surface area contributed by atoms with Gasteiger partial charge in [-0.2, -0.15) is 0 Å². The van der Waals surface area contributed by atoms with Crippen LogP contribution >= 0.6 is 11.3 Å². The van der Waals surface area contributed by atoms with Crippen LogP contribution in [0.4, 0.5) is 0 Å². The van der Waals surface area contributed by atoms with Crippen molar-refractivity contribution in [2.45, 2.75) is 0 Å². The first-order chi connectivity index (χ1) is 22.8. The van der Waals surface area contributed by atoms with E-state index in [1.54, 1.807) is 0 Å². The Bertz CT molecular complexity index is 2870. The molecule has 1 aliphatic carbocycles. The summed E-state index contributed by atoms with van der Waals surface area (Å²) < 4.78 is 5.15. The molecule has 212 valence electrons. The molecular formula is C44H25NS. The van der Waals surface area contributed by atoms with E-state index >= 15 is 0 Å². The van der Waals surface area contributed by atoms with Crippen LogP contribution < -0.4 is 0 Å². The Hall–Kier alpha value is -5.70. The number of rotatable bonds is 2. The molecule has 10 aromatic rings. The van der Waals surface area contributed by atoms with E-state index < -0.39 is 0 Å². The number of nitrogens with zero attached hydrogens (tertiary/aromatic N) is 1. The van der Waals surface area contributed by atoms with Gasteiger partial charge >= 0.3 is 0 Å². The van der Waals surface area contributed by atoms with Crippen molar-refractivity contribution in [1.82, 2.24) is 4.57 Å². The van der Waals surface area contributed by atoms with Gasteiger partial charge in [0.2, 0.25) is 0 Å². The summed E-state index contributed by atoms with van der Waals surface area (Å²) in [5.41, 5.74) is 11.5. The molecule has 2 heteroatoms. The molecule has 0 spiro atoms. The Morgan fingerprint density at radius 2 is 0.978 bits per heavy atom. The molecule has 0 unspecified atom stereocenters. The van der Waals surface area contributed by atoms with Crippen molar-refractivity contribution in [1.29, 1.82) is 0 Å². The summed E-state index contributed by atoms with van der Waals surface area (Å²) in [6.07, 6.45) is 0. The highest BCUT2D eigenvalue weighted by molar-refractivity contribution is 7.26. The predicted octanol–water partition coefficient (Wildman–Crippen LogP) is 12.8. The number of hydrogen-bond donors (Lipinski definition) is 0. The Morgan fingerprint density at radius 3 is 1.85 bits per heavy atom. The molecular weight excluding hydrogens is 575 g/mol. The highest BCUT2D eigenvalue weighted by Gasteiger charge is 2.22. The van der Waals surface area contributed by atoms with Crippen LogP contribution in [-0.2, 0) is 0 Å². The van der Waals surface area contributed by atoms with E-state index in [9.17, 15) is 0 Å². The summed E-state index contributed by atoms with van der Waals surface area (Å²) in [6.45, 7) is 0. The second kappa shape index (κ2) is 8.94. The second-order valence-corrected chi connectivity index (χ2v) is 13.5. The molecule has 0 N–H and O–H groups in total. The molecule has 0 atom stereocenters. The quantitative estimate of drug-likeness (QED) is 0.186. The van der Waals surface area contributed by atoms with Gasteiger partial charge in [0.1, 0.15) is 0 Å². The highest BCUT2D eigenvalue weighted by Crippen LogP contribution is 2.49. The maximum atomic E-state index is 2.44. The molecule has 2 heterocycles. The number of para-hydroxylation sites is 1. The molecule has 0 bridgehead atoms. The van der Waals surface area contributed by atoms with Crippen molar-refractivity contribution in [3.05, 3.63) is 152 Å². The lowest BCUT2D eigenvalue weighted by Gasteiger charge is -2.12. The fourth-order valence-electron chi connectivity index (χ4n) is 8.18. The van der Waals surface area contributed by atoms with Crippen molar-refractivity contribution < 1.29 is 0 Å². The van der Waals surface area contributed by atoms with E-state index in [1.165, 1.54) is 103 Å². The average molecular weight is 600 g/mol. The minimum atomic E-state index is 1.18. The van der Waals surface area contributed by atoms with Crippen LogP contribution in [0.1, 0.15) is 0 Å². The Morgan fingerprint density at radius 1 is 0.348 bits per heavy atom. The monoisotopic (exact) mass is 599 g/mol. The first-order valence-corrected chi connectivity index (χ1v) is 16.7. The Kier molecular flexibility index (Phi) is 4.78. The first kappa shape index (κ1) is 24.6. The summed E-state index contributed by atoms with van der Waals surface area (Å²) in [5.74, 6) is 0. The van der Waals surface area contributed by atoms with E-state index in [1.807, 2.05) is 11.3 Å². The SMILES string of the molecule is c1ccc2c(c1)-c1cccc3c(-c4ccc(-n5c6ccccc6c6c7ccc8c9ccccc9sc8c7ccc65)cc4)ccc-2c13. The summed E-state index contributed by atoms with van der Waals surface area (Å²) in [4.78, 5) is 0. The predicted molar refractivity (Wildman–Crippen MR) is 199 cm³/mol. The van der Waals surface area contributed by atoms with Crippen molar-refractivity contribution in [3.63, 3.8) is 0 Å². The lowest BCUT2D eigenvalue weighted by Crippen LogP contribution is -1.94. The molecule has 0 radical (unpaired) electrons. The van der Waals surface area contributed by atoms with Crippen LogP contribution in [-0.4, -0.2) is 4.57 Å². The molecule has 0 saturated carbocycles. The second-order valence-electron chi connectivity index (χ2n) is 12.4.